The van der Waals surface area contributed by atoms with E-state index in [1.807, 2.05) is 36.4 Å². The Balaban J connectivity index is 1.74. The van der Waals surface area contributed by atoms with Gasteiger partial charge < -0.3 is 29.1 Å². The van der Waals surface area contributed by atoms with Gasteiger partial charge in [0.1, 0.15) is 18.1 Å². The molecular weight excluding hydrogens is 508 g/mol. The number of amides is 1. The summed E-state index contributed by atoms with van der Waals surface area (Å²) in [6.07, 6.45) is 0. The molecule has 0 saturated carbocycles. The molecule has 1 fully saturated rings. The number of ether oxygens (including phenoxy) is 3. The van der Waals surface area contributed by atoms with E-state index in [2.05, 4.69) is 18.7 Å². The van der Waals surface area contributed by atoms with Crippen LogP contribution in [0.15, 0.2) is 78.4 Å². The summed E-state index contributed by atoms with van der Waals surface area (Å²) in [5.41, 5.74) is 2.10. The second kappa shape index (κ2) is 13.2. The number of rotatable bonds is 12. The third-order valence-corrected chi connectivity index (χ3v) is 7.20. The SMILES string of the molecule is CCN(CC)CCN1C(=O)C(=O)C(=C(O)c2ccc(OC)cc2)C1c1ccc(OCc2ccccc2)c(OC)c1. The van der Waals surface area contributed by atoms with Crippen molar-refractivity contribution in [2.75, 3.05) is 40.4 Å². The van der Waals surface area contributed by atoms with Gasteiger partial charge in [-0.05, 0) is 60.6 Å². The minimum atomic E-state index is -0.797. The number of benzene rings is 3. The third kappa shape index (κ3) is 6.13. The van der Waals surface area contributed by atoms with Crippen LogP contribution in [0.5, 0.6) is 17.2 Å². The Labute approximate surface area is 235 Å². The topological polar surface area (TPSA) is 88.5 Å². The quantitative estimate of drug-likeness (QED) is 0.194. The number of likely N-dealkylation sites (tertiary alicyclic amines) is 1. The van der Waals surface area contributed by atoms with Crippen LogP contribution in [0.2, 0.25) is 0 Å². The predicted molar refractivity (Wildman–Crippen MR) is 154 cm³/mol. The molecule has 1 saturated heterocycles. The first-order chi connectivity index (χ1) is 19.4. The van der Waals surface area contributed by atoms with Crippen molar-refractivity contribution in [3.63, 3.8) is 0 Å². The molecule has 8 heteroatoms. The van der Waals surface area contributed by atoms with Gasteiger partial charge in [-0.1, -0.05) is 50.2 Å². The smallest absolute Gasteiger partial charge is 0.295 e. The molecule has 3 aromatic rings. The van der Waals surface area contributed by atoms with Gasteiger partial charge in [0.25, 0.3) is 11.7 Å². The van der Waals surface area contributed by atoms with E-state index in [9.17, 15) is 14.7 Å². The van der Waals surface area contributed by atoms with Crippen LogP contribution in [-0.4, -0.2) is 67.0 Å². The van der Waals surface area contributed by atoms with Gasteiger partial charge >= 0.3 is 0 Å². The lowest BCUT2D eigenvalue weighted by molar-refractivity contribution is -0.140. The molecule has 1 atom stereocenters. The van der Waals surface area contributed by atoms with Crippen molar-refractivity contribution in [3.05, 3.63) is 95.1 Å². The average Bonchev–Trinajstić information content (AvgIpc) is 3.25. The minimum Gasteiger partial charge on any atom is -0.507 e. The fraction of sp³-hybridized carbons (Fsp3) is 0.312. The molecule has 3 aromatic carbocycles. The fourth-order valence-electron chi connectivity index (χ4n) is 4.86. The summed E-state index contributed by atoms with van der Waals surface area (Å²) in [5.74, 6) is 0.0118. The average molecular weight is 545 g/mol. The molecule has 1 aliphatic heterocycles. The van der Waals surface area contributed by atoms with Crippen LogP contribution in [0, 0.1) is 0 Å². The number of nitrogens with zero attached hydrogens (tertiary/aromatic N) is 2. The van der Waals surface area contributed by atoms with Gasteiger partial charge in [-0.3, -0.25) is 9.59 Å². The van der Waals surface area contributed by atoms with Gasteiger partial charge in [-0.25, -0.2) is 0 Å². The van der Waals surface area contributed by atoms with E-state index >= 15 is 0 Å². The summed E-state index contributed by atoms with van der Waals surface area (Å²) in [6.45, 7) is 7.02. The predicted octanol–water partition coefficient (Wildman–Crippen LogP) is 5.05. The highest BCUT2D eigenvalue weighted by Gasteiger charge is 2.46. The molecular formula is C32H36N2O6. The van der Waals surface area contributed by atoms with Crippen LogP contribution in [-0.2, 0) is 16.2 Å². The Hall–Kier alpha value is -4.30. The molecule has 0 radical (unpaired) electrons. The van der Waals surface area contributed by atoms with Gasteiger partial charge in [-0.15, -0.1) is 0 Å². The van der Waals surface area contributed by atoms with E-state index in [1.54, 1.807) is 50.6 Å². The summed E-state index contributed by atoms with van der Waals surface area (Å²) in [6, 6.07) is 21.1. The van der Waals surface area contributed by atoms with E-state index in [4.69, 9.17) is 14.2 Å². The van der Waals surface area contributed by atoms with Crippen molar-refractivity contribution in [3.8, 4) is 17.2 Å². The Bertz CT molecular complexity index is 1350. The maximum Gasteiger partial charge on any atom is 0.295 e. The Kier molecular flexibility index (Phi) is 9.45. The van der Waals surface area contributed by atoms with Crippen LogP contribution in [0.3, 0.4) is 0 Å². The maximum atomic E-state index is 13.4. The molecule has 210 valence electrons. The first-order valence-electron chi connectivity index (χ1n) is 13.4. The van der Waals surface area contributed by atoms with Crippen LogP contribution in [0.25, 0.3) is 5.76 Å². The van der Waals surface area contributed by atoms with E-state index in [0.29, 0.717) is 48.1 Å². The summed E-state index contributed by atoms with van der Waals surface area (Å²) in [5, 5.41) is 11.4. The summed E-state index contributed by atoms with van der Waals surface area (Å²) < 4.78 is 16.9. The Morgan fingerprint density at radius 1 is 0.900 bits per heavy atom. The normalized spacial score (nSPS) is 16.4. The molecule has 1 aliphatic rings. The second-order valence-electron chi connectivity index (χ2n) is 9.43. The molecule has 1 amide bonds. The fourth-order valence-corrected chi connectivity index (χ4v) is 4.86. The molecule has 40 heavy (non-hydrogen) atoms. The van der Waals surface area contributed by atoms with Crippen molar-refractivity contribution in [2.24, 2.45) is 0 Å². The van der Waals surface area contributed by atoms with Crippen molar-refractivity contribution >= 4 is 17.4 Å². The highest BCUT2D eigenvalue weighted by molar-refractivity contribution is 6.46. The van der Waals surface area contributed by atoms with E-state index in [0.717, 1.165) is 18.7 Å². The lowest BCUT2D eigenvalue weighted by atomic mass is 9.95. The van der Waals surface area contributed by atoms with Crippen molar-refractivity contribution < 1.29 is 28.9 Å². The molecule has 1 N–H and O–H groups in total. The maximum absolute atomic E-state index is 13.4. The molecule has 1 heterocycles. The zero-order valence-electron chi connectivity index (χ0n) is 23.4. The van der Waals surface area contributed by atoms with Crippen LogP contribution in [0.4, 0.5) is 0 Å². The van der Waals surface area contributed by atoms with Crippen molar-refractivity contribution in [1.29, 1.82) is 0 Å². The lowest BCUT2D eigenvalue weighted by Crippen LogP contribution is -2.38. The van der Waals surface area contributed by atoms with Crippen LogP contribution >= 0.6 is 0 Å². The lowest BCUT2D eigenvalue weighted by Gasteiger charge is -2.28. The first-order valence-corrected chi connectivity index (χ1v) is 13.4. The summed E-state index contributed by atoms with van der Waals surface area (Å²) >= 11 is 0. The second-order valence-corrected chi connectivity index (χ2v) is 9.43. The number of likely N-dealkylation sites (N-methyl/N-ethyl adjacent to an activating group) is 1. The largest absolute Gasteiger partial charge is 0.507 e. The molecule has 0 aliphatic carbocycles. The number of hydrogen-bond donors (Lipinski definition) is 1. The number of carbonyl (C=O) groups is 2. The van der Waals surface area contributed by atoms with Crippen molar-refractivity contribution in [1.82, 2.24) is 9.80 Å². The first kappa shape index (κ1) is 28.7. The van der Waals surface area contributed by atoms with E-state index in [-0.39, 0.29) is 11.3 Å². The monoisotopic (exact) mass is 544 g/mol. The molecule has 0 spiro atoms. The highest BCUT2D eigenvalue weighted by atomic mass is 16.5. The number of Topliss-reactive ketones (excluding diaryl/α,β-unsaturated/α-hetero) is 1. The number of methoxy groups -OCH3 is 2. The Morgan fingerprint density at radius 3 is 2.23 bits per heavy atom. The van der Waals surface area contributed by atoms with Crippen molar-refractivity contribution in [2.45, 2.75) is 26.5 Å². The number of carbonyl (C=O) groups excluding carboxylic acids is 2. The summed E-state index contributed by atoms with van der Waals surface area (Å²) in [4.78, 5) is 30.5. The minimum absolute atomic E-state index is 0.0368. The Morgan fingerprint density at radius 2 is 1.60 bits per heavy atom. The van der Waals surface area contributed by atoms with E-state index in [1.165, 1.54) is 4.90 Å². The van der Waals surface area contributed by atoms with Crippen LogP contribution < -0.4 is 14.2 Å². The highest BCUT2D eigenvalue weighted by Crippen LogP contribution is 2.42. The van der Waals surface area contributed by atoms with Gasteiger partial charge in [-0.2, -0.15) is 0 Å². The molecule has 4 rings (SSSR count). The van der Waals surface area contributed by atoms with Gasteiger partial charge in [0.15, 0.2) is 11.5 Å². The number of aliphatic hydroxyl groups excluding tert-OH is 1. The number of ketones is 1. The molecule has 1 unspecified atom stereocenters. The molecule has 8 nitrogen and oxygen atoms in total. The zero-order chi connectivity index (χ0) is 28.6. The standard InChI is InChI=1S/C32H36N2O6/c1-5-33(6-2)18-19-34-29(28(31(36)32(34)37)30(35)23-12-15-25(38-3)16-13-23)24-14-17-26(27(20-24)39-4)40-21-22-10-8-7-9-11-22/h7-17,20,29,35H,5-6,18-19,21H2,1-4H3. The van der Waals surface area contributed by atoms with Gasteiger partial charge in [0.2, 0.25) is 0 Å². The number of aliphatic hydroxyl groups is 1. The van der Waals surface area contributed by atoms with Crippen LogP contribution in [0.1, 0.15) is 36.6 Å². The van der Waals surface area contributed by atoms with Gasteiger partial charge in [0.05, 0.1) is 25.8 Å². The zero-order valence-corrected chi connectivity index (χ0v) is 23.4. The summed E-state index contributed by atoms with van der Waals surface area (Å²) in [7, 11) is 3.10. The molecule has 0 aromatic heterocycles. The molecule has 0 bridgehead atoms. The third-order valence-electron chi connectivity index (χ3n) is 7.20. The number of hydrogen-bond acceptors (Lipinski definition) is 7. The van der Waals surface area contributed by atoms with E-state index < -0.39 is 17.7 Å². The van der Waals surface area contributed by atoms with Gasteiger partial charge in [0, 0.05) is 18.7 Å².